The largest absolute Gasteiger partial charge is 0.340 e. The third-order valence-corrected chi connectivity index (χ3v) is 3.34. The number of halogens is 2. The summed E-state index contributed by atoms with van der Waals surface area (Å²) in [6.07, 6.45) is -2.59. The number of amides is 1. The van der Waals surface area contributed by atoms with Gasteiger partial charge >= 0.3 is 0 Å². The van der Waals surface area contributed by atoms with Gasteiger partial charge in [0, 0.05) is 24.6 Å². The molecule has 2 nitrogen and oxygen atoms in total. The lowest BCUT2D eigenvalue weighted by atomic mass is 9.92. The third-order valence-electron chi connectivity index (χ3n) is 2.40. The quantitative estimate of drug-likeness (QED) is 0.712. The minimum atomic E-state index is -2.59. The molecule has 0 spiro atoms. The lowest BCUT2D eigenvalue weighted by Crippen LogP contribution is -2.47. The summed E-state index contributed by atoms with van der Waals surface area (Å²) in [5.74, 6) is 1.28. The number of hydrogen-bond donors (Lipinski definition) is 0. The Labute approximate surface area is 87.0 Å². The highest BCUT2D eigenvalue weighted by Crippen LogP contribution is 2.28. The van der Waals surface area contributed by atoms with Crippen LogP contribution in [0.2, 0.25) is 0 Å². The first-order chi connectivity index (χ1) is 6.46. The van der Waals surface area contributed by atoms with Crippen LogP contribution in [0.3, 0.4) is 0 Å². The van der Waals surface area contributed by atoms with Crippen LogP contribution in [0.4, 0.5) is 8.78 Å². The van der Waals surface area contributed by atoms with Crippen LogP contribution in [0.25, 0.3) is 0 Å². The number of carbonyl (C=O) groups excluding carboxylic acids is 1. The highest BCUT2D eigenvalue weighted by atomic mass is 32.2. The molecular formula is C9H15F2NOS. The van der Waals surface area contributed by atoms with Crippen LogP contribution in [0.15, 0.2) is 0 Å². The lowest BCUT2D eigenvalue weighted by Gasteiger charge is -2.33. The van der Waals surface area contributed by atoms with Gasteiger partial charge in [-0.15, -0.1) is 0 Å². The van der Waals surface area contributed by atoms with Crippen LogP contribution >= 0.6 is 11.8 Å². The molecule has 0 bridgehead atoms. The number of alkyl halides is 2. The molecule has 1 aliphatic heterocycles. The van der Waals surface area contributed by atoms with Crippen molar-refractivity contribution in [3.8, 4) is 0 Å². The zero-order chi connectivity index (χ0) is 10.8. The van der Waals surface area contributed by atoms with E-state index in [0.29, 0.717) is 13.1 Å². The Morgan fingerprint density at radius 1 is 1.36 bits per heavy atom. The fraction of sp³-hybridized carbons (Fsp3) is 0.889. The van der Waals surface area contributed by atoms with Gasteiger partial charge in [0.05, 0.1) is 0 Å². The first-order valence-corrected chi connectivity index (χ1v) is 5.77. The van der Waals surface area contributed by atoms with Crippen molar-refractivity contribution in [3.63, 3.8) is 0 Å². The summed E-state index contributed by atoms with van der Waals surface area (Å²) in [4.78, 5) is 13.2. The summed E-state index contributed by atoms with van der Waals surface area (Å²) in [6.45, 7) is 3.81. The van der Waals surface area contributed by atoms with Gasteiger partial charge in [0.25, 0.3) is 6.43 Å². The predicted octanol–water partition coefficient (Wildman–Crippen LogP) is 1.85. The third kappa shape index (κ3) is 2.38. The van der Waals surface area contributed by atoms with Gasteiger partial charge < -0.3 is 4.90 Å². The first kappa shape index (κ1) is 11.8. The summed E-state index contributed by atoms with van der Waals surface area (Å²) in [6, 6.07) is 0. The molecule has 0 atom stereocenters. The van der Waals surface area contributed by atoms with E-state index in [0.717, 1.165) is 11.5 Å². The van der Waals surface area contributed by atoms with Crippen molar-refractivity contribution in [2.75, 3.05) is 24.6 Å². The average molecular weight is 223 g/mol. The van der Waals surface area contributed by atoms with E-state index in [-0.39, 0.29) is 0 Å². The Bertz CT molecular complexity index is 215. The molecular weight excluding hydrogens is 208 g/mol. The summed E-state index contributed by atoms with van der Waals surface area (Å²) in [5.41, 5.74) is -1.54. The molecule has 0 aromatic rings. The van der Waals surface area contributed by atoms with E-state index in [1.807, 2.05) is 0 Å². The van der Waals surface area contributed by atoms with Crippen LogP contribution in [0.5, 0.6) is 0 Å². The molecule has 0 aromatic carbocycles. The molecule has 1 rings (SSSR count). The second-order valence-electron chi connectivity index (χ2n) is 3.93. The van der Waals surface area contributed by atoms with Gasteiger partial charge in [-0.2, -0.15) is 11.8 Å². The topological polar surface area (TPSA) is 20.3 Å². The Hall–Kier alpha value is -0.320. The van der Waals surface area contributed by atoms with E-state index in [2.05, 4.69) is 0 Å². The number of rotatable bonds is 2. The van der Waals surface area contributed by atoms with Crippen molar-refractivity contribution in [2.45, 2.75) is 20.3 Å². The van der Waals surface area contributed by atoms with Crippen molar-refractivity contribution in [1.29, 1.82) is 0 Å². The molecule has 14 heavy (non-hydrogen) atoms. The van der Waals surface area contributed by atoms with Crippen LogP contribution in [-0.2, 0) is 4.79 Å². The van der Waals surface area contributed by atoms with E-state index in [9.17, 15) is 13.6 Å². The van der Waals surface area contributed by atoms with Crippen molar-refractivity contribution < 1.29 is 13.6 Å². The fourth-order valence-corrected chi connectivity index (χ4v) is 2.17. The second-order valence-corrected chi connectivity index (χ2v) is 5.15. The molecule has 0 radical (unpaired) electrons. The number of thioether (sulfide) groups is 1. The highest BCUT2D eigenvalue weighted by Gasteiger charge is 2.40. The SMILES string of the molecule is CC(C)(C(=O)N1CCSCC1)C(F)F. The van der Waals surface area contributed by atoms with E-state index in [1.165, 1.54) is 13.8 Å². The molecule has 1 fully saturated rings. The summed E-state index contributed by atoms with van der Waals surface area (Å²) in [7, 11) is 0. The zero-order valence-corrected chi connectivity index (χ0v) is 9.24. The monoisotopic (exact) mass is 223 g/mol. The molecule has 82 valence electrons. The maximum atomic E-state index is 12.6. The number of carbonyl (C=O) groups is 1. The van der Waals surface area contributed by atoms with Crippen LogP contribution in [0.1, 0.15) is 13.8 Å². The van der Waals surface area contributed by atoms with Gasteiger partial charge in [-0.1, -0.05) is 0 Å². The van der Waals surface area contributed by atoms with Crippen LogP contribution in [0, 0.1) is 5.41 Å². The molecule has 1 heterocycles. The smallest absolute Gasteiger partial charge is 0.252 e. The summed E-state index contributed by atoms with van der Waals surface area (Å²) < 4.78 is 25.1. The van der Waals surface area contributed by atoms with Gasteiger partial charge in [0.1, 0.15) is 5.41 Å². The van der Waals surface area contributed by atoms with Crippen molar-refractivity contribution >= 4 is 17.7 Å². The minimum Gasteiger partial charge on any atom is -0.340 e. The molecule has 1 saturated heterocycles. The maximum Gasteiger partial charge on any atom is 0.252 e. The van der Waals surface area contributed by atoms with Crippen molar-refractivity contribution in [2.24, 2.45) is 5.41 Å². The molecule has 1 aliphatic rings. The van der Waals surface area contributed by atoms with E-state index in [4.69, 9.17) is 0 Å². The van der Waals surface area contributed by atoms with Crippen LogP contribution < -0.4 is 0 Å². The zero-order valence-electron chi connectivity index (χ0n) is 8.43. The van der Waals surface area contributed by atoms with E-state index < -0.39 is 17.7 Å². The Balaban J connectivity index is 2.63. The van der Waals surface area contributed by atoms with Gasteiger partial charge in [-0.25, -0.2) is 8.78 Å². The van der Waals surface area contributed by atoms with E-state index in [1.54, 1.807) is 16.7 Å². The number of nitrogens with zero attached hydrogens (tertiary/aromatic N) is 1. The molecule has 0 aliphatic carbocycles. The van der Waals surface area contributed by atoms with E-state index >= 15 is 0 Å². The van der Waals surface area contributed by atoms with Gasteiger partial charge in [0.2, 0.25) is 5.91 Å². The van der Waals surface area contributed by atoms with Crippen LogP contribution in [-0.4, -0.2) is 41.8 Å². The average Bonchev–Trinajstić information content (AvgIpc) is 2.17. The minimum absolute atomic E-state index is 0.423. The van der Waals surface area contributed by atoms with Gasteiger partial charge in [-0.05, 0) is 13.8 Å². The van der Waals surface area contributed by atoms with Gasteiger partial charge in [-0.3, -0.25) is 4.79 Å². The molecule has 1 amide bonds. The predicted molar refractivity (Wildman–Crippen MR) is 53.7 cm³/mol. The van der Waals surface area contributed by atoms with Crippen molar-refractivity contribution in [1.82, 2.24) is 4.90 Å². The standard InChI is InChI=1S/C9H15F2NOS/c1-9(2,7(10)11)8(13)12-3-5-14-6-4-12/h7H,3-6H2,1-2H3. The Kier molecular flexibility index (Phi) is 3.75. The fourth-order valence-electron chi connectivity index (χ4n) is 1.27. The Morgan fingerprint density at radius 3 is 2.29 bits per heavy atom. The van der Waals surface area contributed by atoms with Gasteiger partial charge in [0.15, 0.2) is 0 Å². The highest BCUT2D eigenvalue weighted by molar-refractivity contribution is 7.99. The first-order valence-electron chi connectivity index (χ1n) is 4.61. The molecule has 0 unspecified atom stereocenters. The summed E-state index contributed by atoms with van der Waals surface area (Å²) in [5, 5.41) is 0. The Morgan fingerprint density at radius 2 is 1.86 bits per heavy atom. The summed E-state index contributed by atoms with van der Waals surface area (Å²) >= 11 is 1.75. The van der Waals surface area contributed by atoms with Crippen molar-refractivity contribution in [3.05, 3.63) is 0 Å². The molecule has 0 aromatic heterocycles. The molecule has 5 heteroatoms. The molecule has 0 N–H and O–H groups in total. The molecule has 0 saturated carbocycles. The maximum absolute atomic E-state index is 12.6. The number of hydrogen-bond acceptors (Lipinski definition) is 2. The lowest BCUT2D eigenvalue weighted by molar-refractivity contribution is -0.148. The normalized spacial score (nSPS) is 18.8. The second kappa shape index (κ2) is 4.47.